The summed E-state index contributed by atoms with van der Waals surface area (Å²) >= 11 is 5.79. The molecule has 0 radical (unpaired) electrons. The number of hydrogen-bond donors (Lipinski definition) is 1. The highest BCUT2D eigenvalue weighted by Gasteiger charge is 2.11. The quantitative estimate of drug-likeness (QED) is 0.496. The van der Waals surface area contributed by atoms with Gasteiger partial charge in [-0.15, -0.1) is 0 Å². The Morgan fingerprint density at radius 3 is 2.57 bits per heavy atom. The van der Waals surface area contributed by atoms with Gasteiger partial charge in [-0.3, -0.25) is 0 Å². The summed E-state index contributed by atoms with van der Waals surface area (Å²) < 4.78 is 5.22. The first-order valence-corrected chi connectivity index (χ1v) is 7.30. The third-order valence-corrected chi connectivity index (χ3v) is 3.40. The Morgan fingerprint density at radius 1 is 1.10 bits per heavy atom. The van der Waals surface area contributed by atoms with Gasteiger partial charge in [-0.25, -0.2) is 4.79 Å². The van der Waals surface area contributed by atoms with Crippen LogP contribution in [-0.2, 0) is 11.2 Å². The van der Waals surface area contributed by atoms with Gasteiger partial charge in [0, 0.05) is 10.7 Å². The number of nitrogen functional groups attached to an aromatic ring is 1. The summed E-state index contributed by atoms with van der Waals surface area (Å²) in [5.41, 5.74) is 7.75. The minimum atomic E-state index is -0.399. The Balaban J connectivity index is 1.72. The van der Waals surface area contributed by atoms with Crippen LogP contribution in [0.3, 0.4) is 0 Å². The number of benzene rings is 2. The Kier molecular flexibility index (Phi) is 5.64. The third kappa shape index (κ3) is 4.80. The second-order valence-electron chi connectivity index (χ2n) is 4.81. The Bertz CT molecular complexity index is 599. The first-order chi connectivity index (χ1) is 10.2. The molecule has 2 aromatic carbocycles. The highest BCUT2D eigenvalue weighted by Crippen LogP contribution is 2.18. The molecule has 0 fully saturated rings. The molecule has 110 valence electrons. The van der Waals surface area contributed by atoms with Crippen LogP contribution in [0.5, 0.6) is 0 Å². The Labute approximate surface area is 129 Å². The maximum atomic E-state index is 11.9. The standard InChI is InChI=1S/C17H18ClNO2/c18-14-9-10-15(16(19)12-14)17(20)21-11-5-4-8-13-6-2-1-3-7-13/h1-3,6-7,9-10,12H,4-5,8,11,19H2. The normalized spacial score (nSPS) is 10.3. The van der Waals surface area contributed by atoms with Crippen molar-refractivity contribution in [2.75, 3.05) is 12.3 Å². The molecule has 2 aromatic rings. The van der Waals surface area contributed by atoms with Crippen molar-refractivity contribution in [1.29, 1.82) is 0 Å². The van der Waals surface area contributed by atoms with Gasteiger partial charge in [-0.1, -0.05) is 41.9 Å². The Hall–Kier alpha value is -2.00. The van der Waals surface area contributed by atoms with Crippen LogP contribution < -0.4 is 5.73 Å². The lowest BCUT2D eigenvalue weighted by atomic mass is 10.1. The van der Waals surface area contributed by atoms with E-state index in [1.165, 1.54) is 5.56 Å². The van der Waals surface area contributed by atoms with Crippen LogP contribution in [0.4, 0.5) is 5.69 Å². The lowest BCUT2D eigenvalue weighted by Gasteiger charge is -2.07. The number of aryl methyl sites for hydroxylation is 1. The molecule has 0 aliphatic heterocycles. The van der Waals surface area contributed by atoms with Crippen molar-refractivity contribution >= 4 is 23.3 Å². The summed E-state index contributed by atoms with van der Waals surface area (Å²) in [4.78, 5) is 11.9. The molecule has 4 heteroatoms. The van der Waals surface area contributed by atoms with E-state index in [0.29, 0.717) is 22.9 Å². The molecule has 0 spiro atoms. The lowest BCUT2D eigenvalue weighted by Crippen LogP contribution is -2.09. The van der Waals surface area contributed by atoms with Crippen molar-refractivity contribution < 1.29 is 9.53 Å². The van der Waals surface area contributed by atoms with Crippen LogP contribution in [0.1, 0.15) is 28.8 Å². The highest BCUT2D eigenvalue weighted by atomic mass is 35.5. The largest absolute Gasteiger partial charge is 0.462 e. The first-order valence-electron chi connectivity index (χ1n) is 6.93. The van der Waals surface area contributed by atoms with Crippen LogP contribution in [0.2, 0.25) is 5.02 Å². The maximum absolute atomic E-state index is 11.9. The molecular formula is C17H18ClNO2. The van der Waals surface area contributed by atoms with Crippen molar-refractivity contribution in [3.63, 3.8) is 0 Å². The van der Waals surface area contributed by atoms with Gasteiger partial charge in [0.15, 0.2) is 0 Å². The molecular weight excluding hydrogens is 286 g/mol. The van der Waals surface area contributed by atoms with E-state index in [2.05, 4.69) is 12.1 Å². The van der Waals surface area contributed by atoms with Gasteiger partial charge in [-0.05, 0) is 43.0 Å². The molecule has 0 aromatic heterocycles. The first kappa shape index (κ1) is 15.4. The molecule has 0 heterocycles. The van der Waals surface area contributed by atoms with E-state index in [1.54, 1.807) is 18.2 Å². The van der Waals surface area contributed by atoms with Crippen molar-refractivity contribution in [3.05, 3.63) is 64.7 Å². The number of nitrogens with two attached hydrogens (primary N) is 1. The summed E-state index contributed by atoms with van der Waals surface area (Å²) in [5.74, 6) is -0.399. The zero-order chi connectivity index (χ0) is 15.1. The highest BCUT2D eigenvalue weighted by molar-refractivity contribution is 6.31. The number of unbranched alkanes of at least 4 members (excludes halogenated alkanes) is 1. The fourth-order valence-electron chi connectivity index (χ4n) is 2.04. The number of anilines is 1. The number of carbonyl (C=O) groups is 1. The van der Waals surface area contributed by atoms with Crippen molar-refractivity contribution in [2.24, 2.45) is 0 Å². The van der Waals surface area contributed by atoms with Gasteiger partial charge in [0.05, 0.1) is 12.2 Å². The predicted octanol–water partition coefficient (Wildman–Crippen LogP) is 4.10. The average molecular weight is 304 g/mol. The zero-order valence-corrected chi connectivity index (χ0v) is 12.5. The summed E-state index contributed by atoms with van der Waals surface area (Å²) in [7, 11) is 0. The van der Waals surface area contributed by atoms with E-state index < -0.39 is 5.97 Å². The molecule has 0 amide bonds. The fourth-order valence-corrected chi connectivity index (χ4v) is 2.22. The van der Waals surface area contributed by atoms with E-state index in [4.69, 9.17) is 22.1 Å². The van der Waals surface area contributed by atoms with Crippen LogP contribution in [0.25, 0.3) is 0 Å². The van der Waals surface area contributed by atoms with E-state index >= 15 is 0 Å². The number of esters is 1. The number of ether oxygens (including phenoxy) is 1. The van der Waals surface area contributed by atoms with E-state index in [0.717, 1.165) is 19.3 Å². The molecule has 0 aliphatic rings. The summed E-state index contributed by atoms with van der Waals surface area (Å²) in [6.45, 7) is 0.397. The fraction of sp³-hybridized carbons (Fsp3) is 0.235. The van der Waals surface area contributed by atoms with Gasteiger partial charge in [0.1, 0.15) is 0 Å². The summed E-state index contributed by atoms with van der Waals surface area (Å²) in [6.07, 6.45) is 2.79. The van der Waals surface area contributed by atoms with Crippen molar-refractivity contribution in [3.8, 4) is 0 Å². The van der Waals surface area contributed by atoms with Gasteiger partial charge in [0.25, 0.3) is 0 Å². The number of halogens is 1. The van der Waals surface area contributed by atoms with Crippen LogP contribution >= 0.6 is 11.6 Å². The lowest BCUT2D eigenvalue weighted by molar-refractivity contribution is 0.0500. The number of hydrogen-bond acceptors (Lipinski definition) is 3. The number of rotatable bonds is 6. The molecule has 0 saturated heterocycles. The molecule has 21 heavy (non-hydrogen) atoms. The second kappa shape index (κ2) is 7.70. The van der Waals surface area contributed by atoms with Gasteiger partial charge >= 0.3 is 5.97 Å². The smallest absolute Gasteiger partial charge is 0.340 e. The van der Waals surface area contributed by atoms with E-state index in [1.807, 2.05) is 18.2 Å². The minimum absolute atomic E-state index is 0.344. The van der Waals surface area contributed by atoms with Gasteiger partial charge in [0.2, 0.25) is 0 Å². The second-order valence-corrected chi connectivity index (χ2v) is 5.25. The molecule has 0 atom stereocenters. The molecule has 0 saturated carbocycles. The van der Waals surface area contributed by atoms with Crippen LogP contribution in [0, 0.1) is 0 Å². The van der Waals surface area contributed by atoms with E-state index in [-0.39, 0.29) is 0 Å². The molecule has 3 nitrogen and oxygen atoms in total. The number of carbonyl (C=O) groups excluding carboxylic acids is 1. The summed E-state index contributed by atoms with van der Waals surface area (Å²) in [5, 5.41) is 0.506. The molecule has 0 aliphatic carbocycles. The third-order valence-electron chi connectivity index (χ3n) is 3.17. The predicted molar refractivity (Wildman–Crippen MR) is 85.5 cm³/mol. The Morgan fingerprint density at radius 2 is 1.86 bits per heavy atom. The van der Waals surface area contributed by atoms with Crippen molar-refractivity contribution in [1.82, 2.24) is 0 Å². The maximum Gasteiger partial charge on any atom is 0.340 e. The van der Waals surface area contributed by atoms with Crippen LogP contribution in [0.15, 0.2) is 48.5 Å². The van der Waals surface area contributed by atoms with Gasteiger partial charge in [-0.2, -0.15) is 0 Å². The van der Waals surface area contributed by atoms with E-state index in [9.17, 15) is 4.79 Å². The topological polar surface area (TPSA) is 52.3 Å². The monoisotopic (exact) mass is 303 g/mol. The average Bonchev–Trinajstić information content (AvgIpc) is 2.47. The molecule has 0 bridgehead atoms. The molecule has 2 N–H and O–H groups in total. The van der Waals surface area contributed by atoms with Crippen LogP contribution in [-0.4, -0.2) is 12.6 Å². The molecule has 2 rings (SSSR count). The van der Waals surface area contributed by atoms with Gasteiger partial charge < -0.3 is 10.5 Å². The zero-order valence-electron chi connectivity index (χ0n) is 11.7. The minimum Gasteiger partial charge on any atom is -0.462 e. The SMILES string of the molecule is Nc1cc(Cl)ccc1C(=O)OCCCCc1ccccc1. The summed E-state index contributed by atoms with van der Waals surface area (Å²) in [6, 6.07) is 15.0. The molecule has 0 unspecified atom stereocenters. The van der Waals surface area contributed by atoms with Crippen molar-refractivity contribution in [2.45, 2.75) is 19.3 Å².